The van der Waals surface area contributed by atoms with Crippen molar-refractivity contribution in [3.63, 3.8) is 0 Å². The van der Waals surface area contributed by atoms with Crippen molar-refractivity contribution in [2.75, 3.05) is 18.1 Å². The van der Waals surface area contributed by atoms with Crippen molar-refractivity contribution in [2.45, 2.75) is 70.0 Å². The molecule has 1 unspecified atom stereocenters. The van der Waals surface area contributed by atoms with Gasteiger partial charge in [0.2, 0.25) is 5.88 Å². The maximum atomic E-state index is 13.5. The highest BCUT2D eigenvalue weighted by atomic mass is 32.2. The number of amides is 1. The first kappa shape index (κ1) is 29.9. The highest BCUT2D eigenvalue weighted by molar-refractivity contribution is 7.90. The number of alkyl halides is 3. The van der Waals surface area contributed by atoms with Crippen molar-refractivity contribution in [2.24, 2.45) is 18.4 Å². The molecule has 1 aliphatic carbocycles. The van der Waals surface area contributed by atoms with Gasteiger partial charge in [0.05, 0.1) is 5.56 Å². The Morgan fingerprint density at radius 2 is 1.90 bits per heavy atom. The summed E-state index contributed by atoms with van der Waals surface area (Å²) < 4.78 is 76.7. The van der Waals surface area contributed by atoms with E-state index in [9.17, 15) is 26.4 Å². The highest BCUT2D eigenvalue weighted by Crippen LogP contribution is 2.57. The number of anilines is 1. The fourth-order valence-electron chi connectivity index (χ4n) is 5.57. The van der Waals surface area contributed by atoms with Gasteiger partial charge in [-0.1, -0.05) is 13.3 Å². The predicted octanol–water partition coefficient (Wildman–Crippen LogP) is 4.77. The van der Waals surface area contributed by atoms with Crippen molar-refractivity contribution in [3.8, 4) is 11.7 Å². The standard InChI is InChI=1S/C28H35F3N6O4S/c1-6-19-13-26(3,4)36(15-19)24-20(25(38)34-42(39,40)21-16-35(5)14-18(21)2)7-8-22(32-24)37-12-9-23(33-37)41-17-27(10-11-27)28(29,30)31/h7-9,12,14,16,19H,6,10-11,13,15,17H2,1-5H3,(H,34,38). The number of rotatable bonds is 9. The predicted molar refractivity (Wildman–Crippen MR) is 149 cm³/mol. The molecule has 1 N–H and O–H groups in total. The number of sulfonamides is 1. The van der Waals surface area contributed by atoms with Gasteiger partial charge in [0.15, 0.2) is 5.82 Å². The molecule has 3 aromatic heterocycles. The lowest BCUT2D eigenvalue weighted by Crippen LogP contribution is -2.41. The van der Waals surface area contributed by atoms with Crippen LogP contribution in [0.4, 0.5) is 19.0 Å². The number of hydrogen-bond donors (Lipinski definition) is 1. The summed E-state index contributed by atoms with van der Waals surface area (Å²) in [6.07, 6.45) is 2.06. The average Bonchev–Trinajstić information content (AvgIpc) is 3.25. The maximum absolute atomic E-state index is 13.5. The van der Waals surface area contributed by atoms with E-state index in [0.29, 0.717) is 23.8 Å². The second kappa shape index (κ2) is 10.3. The van der Waals surface area contributed by atoms with Crippen LogP contribution in [0.5, 0.6) is 5.88 Å². The molecule has 228 valence electrons. The fourth-order valence-corrected chi connectivity index (χ4v) is 6.82. The molecule has 1 aliphatic heterocycles. The summed E-state index contributed by atoms with van der Waals surface area (Å²) in [5.41, 5.74) is -1.64. The Morgan fingerprint density at radius 3 is 2.48 bits per heavy atom. The third-order valence-corrected chi connectivity index (χ3v) is 9.73. The first-order valence-corrected chi connectivity index (χ1v) is 15.3. The molecule has 0 bridgehead atoms. The van der Waals surface area contributed by atoms with Gasteiger partial charge in [-0.25, -0.2) is 22.8 Å². The number of nitrogens with zero attached hydrogens (tertiary/aromatic N) is 5. The normalized spacial score (nSPS) is 19.6. The van der Waals surface area contributed by atoms with E-state index >= 15 is 0 Å². The van der Waals surface area contributed by atoms with Gasteiger partial charge >= 0.3 is 6.18 Å². The third-order valence-electron chi connectivity index (χ3n) is 8.27. The molecule has 2 aliphatic rings. The van der Waals surface area contributed by atoms with Gasteiger partial charge in [0.25, 0.3) is 15.9 Å². The molecule has 0 spiro atoms. The Morgan fingerprint density at radius 1 is 1.19 bits per heavy atom. The van der Waals surface area contributed by atoms with Crippen LogP contribution in [0.25, 0.3) is 5.82 Å². The molecule has 0 radical (unpaired) electrons. The SMILES string of the molecule is CCC1CN(c2nc(-n3ccc(OCC4(C(F)(F)F)CC4)n3)ccc2C(=O)NS(=O)(=O)c2cn(C)cc2C)C(C)(C)C1. The van der Waals surface area contributed by atoms with Crippen LogP contribution in [0.15, 0.2) is 41.7 Å². The minimum absolute atomic E-state index is 0.000371. The van der Waals surface area contributed by atoms with Crippen LogP contribution in [-0.4, -0.2) is 58.5 Å². The number of carbonyl (C=O) groups excluding carboxylic acids is 1. The summed E-state index contributed by atoms with van der Waals surface area (Å²) in [4.78, 5) is 20.3. The maximum Gasteiger partial charge on any atom is 0.397 e. The number of aryl methyl sites for hydroxylation is 2. The van der Waals surface area contributed by atoms with Gasteiger partial charge in [-0.3, -0.25) is 4.79 Å². The lowest BCUT2D eigenvalue weighted by molar-refractivity contribution is -0.194. The Bertz CT molecular complexity index is 1610. The number of hydrogen-bond acceptors (Lipinski definition) is 7. The van der Waals surface area contributed by atoms with E-state index in [0.717, 1.165) is 12.8 Å². The molecule has 1 atom stereocenters. The van der Waals surface area contributed by atoms with Crippen LogP contribution in [-0.2, 0) is 17.1 Å². The number of ether oxygens (including phenoxy) is 1. The van der Waals surface area contributed by atoms with Gasteiger partial charge in [0, 0.05) is 43.8 Å². The van der Waals surface area contributed by atoms with Gasteiger partial charge in [-0.15, -0.1) is 5.10 Å². The summed E-state index contributed by atoms with van der Waals surface area (Å²) in [6.45, 7) is 7.91. The first-order valence-electron chi connectivity index (χ1n) is 13.8. The second-order valence-electron chi connectivity index (χ2n) is 12.0. The zero-order valence-corrected chi connectivity index (χ0v) is 25.0. The third kappa shape index (κ3) is 5.60. The number of aromatic nitrogens is 4. The van der Waals surface area contributed by atoms with E-state index in [1.54, 1.807) is 24.7 Å². The zero-order chi connectivity index (χ0) is 30.7. The second-order valence-corrected chi connectivity index (χ2v) is 13.7. The molecular weight excluding hydrogens is 573 g/mol. The molecule has 1 saturated heterocycles. The molecule has 3 aromatic rings. The number of pyridine rings is 1. The Hall–Kier alpha value is -3.55. The van der Waals surface area contributed by atoms with E-state index in [1.807, 2.05) is 18.7 Å². The Balaban J connectivity index is 1.46. The topological polar surface area (TPSA) is 111 Å². The Kier molecular flexibility index (Phi) is 7.35. The molecule has 1 saturated carbocycles. The number of halogens is 3. The molecular formula is C28H35F3N6O4S. The minimum atomic E-state index is -4.34. The minimum Gasteiger partial charge on any atom is -0.476 e. The monoisotopic (exact) mass is 608 g/mol. The van der Waals surface area contributed by atoms with Crippen LogP contribution in [0.2, 0.25) is 0 Å². The van der Waals surface area contributed by atoms with Crippen molar-refractivity contribution < 1.29 is 31.1 Å². The van der Waals surface area contributed by atoms with E-state index in [2.05, 4.69) is 16.7 Å². The molecule has 0 aromatic carbocycles. The van der Waals surface area contributed by atoms with Crippen molar-refractivity contribution >= 4 is 21.7 Å². The number of carbonyl (C=O) groups is 1. The first-order chi connectivity index (χ1) is 19.5. The number of nitrogens with one attached hydrogen (secondary N) is 1. The van der Waals surface area contributed by atoms with Crippen LogP contribution in [0.3, 0.4) is 0 Å². The smallest absolute Gasteiger partial charge is 0.397 e. The molecule has 42 heavy (non-hydrogen) atoms. The lowest BCUT2D eigenvalue weighted by atomic mass is 9.95. The van der Waals surface area contributed by atoms with Gasteiger partial charge in [-0.2, -0.15) is 13.2 Å². The van der Waals surface area contributed by atoms with Gasteiger partial charge < -0.3 is 14.2 Å². The largest absolute Gasteiger partial charge is 0.476 e. The van der Waals surface area contributed by atoms with Crippen LogP contribution in [0.1, 0.15) is 62.4 Å². The summed E-state index contributed by atoms with van der Waals surface area (Å²) in [6, 6.07) is 4.45. The fraction of sp³-hybridized carbons (Fsp3) is 0.536. The van der Waals surface area contributed by atoms with Crippen molar-refractivity contribution in [3.05, 3.63) is 47.9 Å². The quantitative estimate of drug-likeness (QED) is 0.373. The van der Waals surface area contributed by atoms with Gasteiger partial charge in [-0.05, 0) is 63.6 Å². The Labute approximate surface area is 242 Å². The molecule has 4 heterocycles. The summed E-state index contributed by atoms with van der Waals surface area (Å²) in [7, 11) is -2.47. The summed E-state index contributed by atoms with van der Waals surface area (Å²) >= 11 is 0. The molecule has 5 rings (SSSR count). The van der Waals surface area contributed by atoms with Crippen LogP contribution < -0.4 is 14.4 Å². The van der Waals surface area contributed by atoms with Crippen LogP contribution in [0, 0.1) is 18.3 Å². The van der Waals surface area contributed by atoms with Crippen molar-refractivity contribution in [1.82, 2.24) is 24.1 Å². The lowest BCUT2D eigenvalue weighted by Gasteiger charge is -2.34. The van der Waals surface area contributed by atoms with E-state index < -0.39 is 34.1 Å². The summed E-state index contributed by atoms with van der Waals surface area (Å²) in [5, 5.41) is 4.26. The highest BCUT2D eigenvalue weighted by Gasteiger charge is 2.64. The van der Waals surface area contributed by atoms with E-state index in [-0.39, 0.29) is 40.5 Å². The molecule has 1 amide bonds. The van der Waals surface area contributed by atoms with E-state index in [4.69, 9.17) is 9.72 Å². The molecule has 2 fully saturated rings. The van der Waals surface area contributed by atoms with Crippen LogP contribution >= 0.6 is 0 Å². The average molecular weight is 609 g/mol. The van der Waals surface area contributed by atoms with E-state index in [1.165, 1.54) is 35.3 Å². The molecule has 10 nitrogen and oxygen atoms in total. The molecule has 14 heteroatoms. The zero-order valence-electron chi connectivity index (χ0n) is 24.2. The van der Waals surface area contributed by atoms with Gasteiger partial charge in [0.1, 0.15) is 22.7 Å². The summed E-state index contributed by atoms with van der Waals surface area (Å²) in [5.74, 6) is 0.121. The van der Waals surface area contributed by atoms with Crippen molar-refractivity contribution in [1.29, 1.82) is 0 Å².